The third-order valence-electron chi connectivity index (χ3n) is 5.47. The number of nitro benzene ring substituents is 1. The number of halogens is 2. The van der Waals surface area contributed by atoms with E-state index in [0.29, 0.717) is 12.8 Å². The Morgan fingerprint density at radius 3 is 2.53 bits per heavy atom. The average Bonchev–Trinajstić information content (AvgIpc) is 3.52. The molecule has 9 nitrogen and oxygen atoms in total. The maximum absolute atomic E-state index is 14.4. The molecular formula is C19H21F2N3O6. The lowest BCUT2D eigenvalue weighted by atomic mass is 9.97. The minimum Gasteiger partial charge on any atom is -0.477 e. The van der Waals surface area contributed by atoms with Crippen molar-refractivity contribution in [1.82, 2.24) is 4.57 Å². The third kappa shape index (κ3) is 3.49. The number of aliphatic hydroxyl groups excluding tert-OH is 1. The summed E-state index contributed by atoms with van der Waals surface area (Å²) in [5.74, 6) is -5.76. The molecule has 0 aliphatic heterocycles. The Hall–Kier alpha value is -3.08. The fraction of sp³-hybridized carbons (Fsp3) is 0.474. The van der Waals surface area contributed by atoms with Gasteiger partial charge in [0.05, 0.1) is 22.2 Å². The fourth-order valence-electron chi connectivity index (χ4n) is 3.82. The highest BCUT2D eigenvalue weighted by Gasteiger charge is 2.48. The maximum Gasteiger partial charge on any atom is 0.343 e. The quantitative estimate of drug-likeness (QED) is 0.437. The predicted molar refractivity (Wildman–Crippen MR) is 104 cm³/mol. The molecule has 11 heteroatoms. The highest BCUT2D eigenvalue weighted by Crippen LogP contribution is 2.43. The van der Waals surface area contributed by atoms with Crippen LogP contribution in [0.15, 0.2) is 16.9 Å². The number of nitro groups is 1. The number of carboxylic acids is 1. The van der Waals surface area contributed by atoms with Crippen LogP contribution in [0, 0.1) is 16.0 Å². The van der Waals surface area contributed by atoms with Gasteiger partial charge in [0.15, 0.2) is 0 Å². The maximum atomic E-state index is 14.4. The molecule has 1 heterocycles. The van der Waals surface area contributed by atoms with E-state index in [-0.39, 0.29) is 34.3 Å². The van der Waals surface area contributed by atoms with E-state index in [1.54, 1.807) is 6.92 Å². The van der Waals surface area contributed by atoms with Gasteiger partial charge in [0, 0.05) is 24.1 Å². The number of carboxylic acid groups (broad SMARTS) is 1. The molecule has 1 aromatic carbocycles. The number of benzene rings is 1. The molecule has 0 radical (unpaired) electrons. The van der Waals surface area contributed by atoms with Gasteiger partial charge in [-0.05, 0) is 31.2 Å². The molecular weight excluding hydrogens is 404 g/mol. The predicted octanol–water partition coefficient (Wildman–Crippen LogP) is 2.53. The molecule has 162 valence electrons. The number of hydrogen-bond acceptors (Lipinski definition) is 6. The summed E-state index contributed by atoms with van der Waals surface area (Å²) in [5.41, 5.74) is -2.10. The first-order chi connectivity index (χ1) is 14.0. The molecule has 1 aliphatic rings. The average molecular weight is 425 g/mol. The SMILES string of the molecule is CCc1c([N+](=O)[O-])ccc2c1c(N[C@@H](C1CC1)C(F)(F)CO)c(C(=O)O)c(=O)n2C. The van der Waals surface area contributed by atoms with Crippen LogP contribution in [0.4, 0.5) is 20.2 Å². The van der Waals surface area contributed by atoms with E-state index in [2.05, 4.69) is 5.32 Å². The lowest BCUT2D eigenvalue weighted by molar-refractivity contribution is -0.385. The van der Waals surface area contributed by atoms with E-state index in [0.717, 1.165) is 4.57 Å². The van der Waals surface area contributed by atoms with Gasteiger partial charge in [0.25, 0.3) is 17.2 Å². The Bertz CT molecular complexity index is 1090. The highest BCUT2D eigenvalue weighted by atomic mass is 19.3. The number of aliphatic hydroxyl groups is 1. The molecule has 30 heavy (non-hydrogen) atoms. The topological polar surface area (TPSA) is 135 Å². The van der Waals surface area contributed by atoms with Gasteiger partial charge in [0.2, 0.25) is 0 Å². The molecule has 0 spiro atoms. The minimum absolute atomic E-state index is 0.0330. The van der Waals surface area contributed by atoms with Crippen LogP contribution in [-0.2, 0) is 13.5 Å². The second-order valence-electron chi connectivity index (χ2n) is 7.37. The summed E-state index contributed by atoms with van der Waals surface area (Å²) in [6, 6.07) is 0.868. The number of anilines is 1. The molecule has 1 atom stereocenters. The highest BCUT2D eigenvalue weighted by molar-refractivity contribution is 6.06. The van der Waals surface area contributed by atoms with Crippen LogP contribution >= 0.6 is 0 Å². The molecule has 3 rings (SSSR count). The van der Waals surface area contributed by atoms with Crippen LogP contribution in [0.2, 0.25) is 0 Å². The van der Waals surface area contributed by atoms with Crippen molar-refractivity contribution < 1.29 is 28.7 Å². The van der Waals surface area contributed by atoms with Crippen molar-refractivity contribution in [1.29, 1.82) is 0 Å². The van der Waals surface area contributed by atoms with Gasteiger partial charge in [-0.15, -0.1) is 0 Å². The molecule has 0 amide bonds. The Kier molecular flexibility index (Phi) is 5.50. The van der Waals surface area contributed by atoms with Gasteiger partial charge in [-0.3, -0.25) is 14.9 Å². The van der Waals surface area contributed by atoms with Gasteiger partial charge >= 0.3 is 5.97 Å². The van der Waals surface area contributed by atoms with E-state index in [9.17, 15) is 33.6 Å². The van der Waals surface area contributed by atoms with Gasteiger partial charge < -0.3 is 20.1 Å². The molecule has 1 saturated carbocycles. The molecule has 0 saturated heterocycles. The molecule has 1 fully saturated rings. The lowest BCUT2D eigenvalue weighted by Gasteiger charge is -2.29. The van der Waals surface area contributed by atoms with E-state index in [4.69, 9.17) is 5.11 Å². The number of aromatic nitrogens is 1. The molecule has 2 aromatic rings. The summed E-state index contributed by atoms with van der Waals surface area (Å²) in [4.78, 5) is 35.5. The smallest absolute Gasteiger partial charge is 0.343 e. The zero-order valence-corrected chi connectivity index (χ0v) is 16.3. The molecule has 0 unspecified atom stereocenters. The van der Waals surface area contributed by atoms with Gasteiger partial charge in [0.1, 0.15) is 12.2 Å². The fourth-order valence-corrected chi connectivity index (χ4v) is 3.82. The summed E-state index contributed by atoms with van der Waals surface area (Å²) in [7, 11) is 1.31. The van der Waals surface area contributed by atoms with Crippen LogP contribution in [0.1, 0.15) is 35.7 Å². The summed E-state index contributed by atoms with van der Waals surface area (Å²) >= 11 is 0. The summed E-state index contributed by atoms with van der Waals surface area (Å²) in [6.45, 7) is 0.144. The van der Waals surface area contributed by atoms with Crippen LogP contribution in [0.5, 0.6) is 0 Å². The second-order valence-corrected chi connectivity index (χ2v) is 7.37. The Morgan fingerprint density at radius 1 is 1.43 bits per heavy atom. The number of alkyl halides is 2. The zero-order chi connectivity index (χ0) is 22.4. The monoisotopic (exact) mass is 425 g/mol. The van der Waals surface area contributed by atoms with Gasteiger partial charge in [-0.2, -0.15) is 0 Å². The number of carbonyl (C=O) groups is 1. The van der Waals surface area contributed by atoms with E-state index in [1.807, 2.05) is 0 Å². The summed E-state index contributed by atoms with van der Waals surface area (Å²) in [5, 5.41) is 32.9. The first kappa shape index (κ1) is 21.6. The Morgan fingerprint density at radius 2 is 2.07 bits per heavy atom. The third-order valence-corrected chi connectivity index (χ3v) is 5.47. The number of nitrogens with zero attached hydrogens (tertiary/aromatic N) is 2. The first-order valence-electron chi connectivity index (χ1n) is 9.36. The zero-order valence-electron chi connectivity index (χ0n) is 16.3. The van der Waals surface area contributed by atoms with Gasteiger partial charge in [-0.1, -0.05) is 6.92 Å². The number of fused-ring (bicyclic) bond motifs is 1. The normalized spacial score (nSPS) is 15.2. The standard InChI is InChI=1S/C19H21F2N3O6/c1-3-10-11(24(29)30)6-7-12-13(10)15(14(18(27)28)17(26)23(12)2)22-16(9-4-5-9)19(20,21)8-25/h6-7,9,16,22,25H,3-5,8H2,1-2H3,(H,27,28)/t16-/m0/s1. The van der Waals surface area contributed by atoms with Crippen molar-refractivity contribution in [3.63, 3.8) is 0 Å². The lowest BCUT2D eigenvalue weighted by Crippen LogP contribution is -2.45. The van der Waals surface area contributed by atoms with Crippen molar-refractivity contribution in [3.8, 4) is 0 Å². The van der Waals surface area contributed by atoms with Crippen LogP contribution < -0.4 is 10.9 Å². The summed E-state index contributed by atoms with van der Waals surface area (Å²) < 4.78 is 29.9. The van der Waals surface area contributed by atoms with Crippen molar-refractivity contribution in [2.75, 3.05) is 11.9 Å². The number of pyridine rings is 1. The van der Waals surface area contributed by atoms with Crippen molar-refractivity contribution in [3.05, 3.63) is 43.7 Å². The van der Waals surface area contributed by atoms with E-state index < -0.39 is 46.5 Å². The van der Waals surface area contributed by atoms with Crippen molar-refractivity contribution in [2.24, 2.45) is 13.0 Å². The Labute approximate surface area is 169 Å². The van der Waals surface area contributed by atoms with Crippen LogP contribution in [0.3, 0.4) is 0 Å². The first-order valence-corrected chi connectivity index (χ1v) is 9.36. The number of rotatable bonds is 8. The van der Waals surface area contributed by atoms with Gasteiger partial charge in [-0.25, -0.2) is 13.6 Å². The van der Waals surface area contributed by atoms with Crippen LogP contribution in [0.25, 0.3) is 10.9 Å². The van der Waals surface area contributed by atoms with Crippen molar-refractivity contribution in [2.45, 2.75) is 38.2 Å². The second kappa shape index (κ2) is 7.63. The largest absolute Gasteiger partial charge is 0.477 e. The number of nitrogens with one attached hydrogen (secondary N) is 1. The molecule has 1 aromatic heterocycles. The Balaban J connectivity index is 2.42. The molecule has 1 aliphatic carbocycles. The van der Waals surface area contributed by atoms with E-state index in [1.165, 1.54) is 19.2 Å². The minimum atomic E-state index is -3.59. The molecule has 0 bridgehead atoms. The van der Waals surface area contributed by atoms with Crippen LogP contribution in [-0.4, -0.2) is 44.2 Å². The molecule has 3 N–H and O–H groups in total. The number of hydrogen-bond donors (Lipinski definition) is 3. The number of aromatic carboxylic acids is 1. The van der Waals surface area contributed by atoms with E-state index >= 15 is 0 Å². The number of aryl methyl sites for hydroxylation is 2. The summed E-state index contributed by atoms with van der Waals surface area (Å²) in [6.07, 6.45) is 0.989. The van der Waals surface area contributed by atoms with Crippen molar-refractivity contribution >= 4 is 28.2 Å².